The van der Waals surface area contributed by atoms with Crippen molar-refractivity contribution in [2.75, 3.05) is 19.0 Å². The van der Waals surface area contributed by atoms with Crippen molar-refractivity contribution in [1.29, 1.82) is 0 Å². The minimum Gasteiger partial charge on any atom is -0.385 e. The lowest BCUT2D eigenvalue weighted by molar-refractivity contribution is -0.129. The molecule has 1 aromatic carbocycles. The molecule has 3 nitrogen and oxygen atoms in total. The van der Waals surface area contributed by atoms with Gasteiger partial charge in [0.15, 0.2) is 5.78 Å². The molecule has 3 saturated carbocycles. The van der Waals surface area contributed by atoms with E-state index in [0.717, 1.165) is 12.3 Å². The second kappa shape index (κ2) is 6.97. The van der Waals surface area contributed by atoms with Crippen molar-refractivity contribution in [2.45, 2.75) is 70.3 Å². The van der Waals surface area contributed by atoms with Gasteiger partial charge in [-0.1, -0.05) is 36.6 Å². The second-order valence-corrected chi connectivity index (χ2v) is 10.6. The number of anilines is 1. The predicted molar refractivity (Wildman–Crippen MR) is 117 cm³/mol. The molecule has 1 aromatic rings. The first kappa shape index (κ1) is 19.4. The molecular weight excluding hydrogens is 358 g/mol. The van der Waals surface area contributed by atoms with Gasteiger partial charge in [-0.3, -0.25) is 4.79 Å². The highest BCUT2D eigenvalue weighted by molar-refractivity contribution is 5.85. The molecule has 29 heavy (non-hydrogen) atoms. The summed E-state index contributed by atoms with van der Waals surface area (Å²) in [6.45, 7) is 2.54. The molecule has 1 N–H and O–H groups in total. The number of rotatable bonds is 2. The van der Waals surface area contributed by atoms with E-state index in [-0.39, 0.29) is 5.78 Å². The first-order valence-corrected chi connectivity index (χ1v) is 11.6. The standard InChI is InChI=1S/C26H35NO2/c1-26-12-4-5-22(26)19-11-8-17-13-23(28)24(29)14-20(17)25(19)21(15-26)16-6-9-18(10-7-16)27(2)3/h6-7,9-10,17,19,21-22,24,29H,4-5,8,11-15H2,1-3H3/t17?,19-,21+,22-,24?,26-/m0/s1. The van der Waals surface area contributed by atoms with Crippen molar-refractivity contribution in [1.82, 2.24) is 0 Å². The number of aliphatic hydroxyl groups excluding tert-OH is 1. The van der Waals surface area contributed by atoms with Crippen LogP contribution >= 0.6 is 0 Å². The van der Waals surface area contributed by atoms with E-state index in [1.54, 1.807) is 5.57 Å². The number of benzene rings is 1. The number of allylic oxidation sites excluding steroid dienone is 1. The highest BCUT2D eigenvalue weighted by Gasteiger charge is 2.53. The molecular formula is C26H35NO2. The summed E-state index contributed by atoms with van der Waals surface area (Å²) >= 11 is 0. The van der Waals surface area contributed by atoms with E-state index in [0.29, 0.717) is 36.0 Å². The summed E-state index contributed by atoms with van der Waals surface area (Å²) in [7, 11) is 4.18. The Hall–Kier alpha value is -1.61. The topological polar surface area (TPSA) is 40.5 Å². The number of hydrogen-bond donors (Lipinski definition) is 1. The summed E-state index contributed by atoms with van der Waals surface area (Å²) in [5, 5.41) is 10.4. The molecule has 6 atom stereocenters. The molecule has 4 aliphatic rings. The molecule has 0 amide bonds. The van der Waals surface area contributed by atoms with Crippen LogP contribution in [0.2, 0.25) is 0 Å². The highest BCUT2D eigenvalue weighted by atomic mass is 16.3. The van der Waals surface area contributed by atoms with Crippen LogP contribution in [-0.4, -0.2) is 31.1 Å². The zero-order chi connectivity index (χ0) is 20.3. The Morgan fingerprint density at radius 1 is 1.07 bits per heavy atom. The maximum absolute atomic E-state index is 12.2. The van der Waals surface area contributed by atoms with Crippen LogP contribution in [0.15, 0.2) is 35.4 Å². The molecule has 0 spiro atoms. The molecule has 156 valence electrons. The summed E-state index contributed by atoms with van der Waals surface area (Å²) in [4.78, 5) is 14.4. The SMILES string of the molecule is CN(C)c1ccc([C@H]2C[C@]3(C)CCC[C@H]3[C@@H]3CCC4CC(=O)C(O)CC4=C32)cc1. The monoisotopic (exact) mass is 393 g/mol. The van der Waals surface area contributed by atoms with Crippen molar-refractivity contribution < 1.29 is 9.90 Å². The van der Waals surface area contributed by atoms with Crippen molar-refractivity contribution in [3.63, 3.8) is 0 Å². The number of ketones is 1. The van der Waals surface area contributed by atoms with Crippen LogP contribution < -0.4 is 4.90 Å². The summed E-state index contributed by atoms with van der Waals surface area (Å²) in [5.41, 5.74) is 6.21. The maximum atomic E-state index is 12.2. The molecule has 0 bridgehead atoms. The number of hydrogen-bond acceptors (Lipinski definition) is 3. The van der Waals surface area contributed by atoms with Gasteiger partial charge >= 0.3 is 0 Å². The van der Waals surface area contributed by atoms with E-state index in [4.69, 9.17) is 0 Å². The van der Waals surface area contributed by atoms with E-state index in [2.05, 4.69) is 50.2 Å². The van der Waals surface area contributed by atoms with Crippen molar-refractivity contribution in [3.8, 4) is 0 Å². The molecule has 0 aliphatic heterocycles. The highest BCUT2D eigenvalue weighted by Crippen LogP contribution is 2.64. The van der Waals surface area contributed by atoms with Gasteiger partial charge in [0.2, 0.25) is 0 Å². The van der Waals surface area contributed by atoms with Gasteiger partial charge in [0.25, 0.3) is 0 Å². The van der Waals surface area contributed by atoms with Crippen LogP contribution in [0, 0.1) is 23.2 Å². The Balaban J connectivity index is 1.61. The Bertz CT molecular complexity index is 839. The smallest absolute Gasteiger partial charge is 0.162 e. The Labute approximate surface area is 175 Å². The summed E-state index contributed by atoms with van der Waals surface area (Å²) in [5.74, 6) is 2.34. The molecule has 0 heterocycles. The predicted octanol–water partition coefficient (Wildman–Crippen LogP) is 5.09. The first-order valence-electron chi connectivity index (χ1n) is 11.6. The molecule has 0 aromatic heterocycles. The van der Waals surface area contributed by atoms with Crippen molar-refractivity contribution >= 4 is 11.5 Å². The molecule has 5 rings (SSSR count). The quantitative estimate of drug-likeness (QED) is 0.711. The molecule has 0 saturated heterocycles. The third-order valence-electron chi connectivity index (χ3n) is 8.82. The van der Waals surface area contributed by atoms with E-state index in [9.17, 15) is 9.90 Å². The second-order valence-electron chi connectivity index (χ2n) is 10.6. The zero-order valence-electron chi connectivity index (χ0n) is 18.2. The minimum atomic E-state index is -0.777. The Morgan fingerprint density at radius 3 is 2.55 bits per heavy atom. The van der Waals surface area contributed by atoms with Crippen LogP contribution in [0.4, 0.5) is 5.69 Å². The fraction of sp³-hybridized carbons (Fsp3) is 0.654. The van der Waals surface area contributed by atoms with Crippen LogP contribution in [0.5, 0.6) is 0 Å². The Kier molecular flexibility index (Phi) is 4.66. The van der Waals surface area contributed by atoms with Gasteiger partial charge in [-0.2, -0.15) is 0 Å². The van der Waals surface area contributed by atoms with E-state index in [1.165, 1.54) is 48.9 Å². The third kappa shape index (κ3) is 3.08. The number of carbonyl (C=O) groups excluding carboxylic acids is 1. The average molecular weight is 394 g/mol. The van der Waals surface area contributed by atoms with Crippen LogP contribution in [0.25, 0.3) is 0 Å². The van der Waals surface area contributed by atoms with Gasteiger partial charge in [0, 0.05) is 38.5 Å². The molecule has 0 radical (unpaired) electrons. The normalized spacial score (nSPS) is 39.0. The zero-order valence-corrected chi connectivity index (χ0v) is 18.2. The lowest BCUT2D eigenvalue weighted by Crippen LogP contribution is -2.43. The first-order chi connectivity index (χ1) is 13.9. The van der Waals surface area contributed by atoms with Crippen LogP contribution in [-0.2, 0) is 4.79 Å². The number of carbonyl (C=O) groups is 1. The fourth-order valence-corrected chi connectivity index (χ4v) is 7.37. The molecule has 4 aliphatic carbocycles. The van der Waals surface area contributed by atoms with Gasteiger partial charge in [-0.05, 0) is 73.0 Å². The van der Waals surface area contributed by atoms with Gasteiger partial charge in [-0.15, -0.1) is 0 Å². The average Bonchev–Trinajstić information content (AvgIpc) is 3.10. The van der Waals surface area contributed by atoms with Gasteiger partial charge in [-0.25, -0.2) is 0 Å². The van der Waals surface area contributed by atoms with Crippen LogP contribution in [0.3, 0.4) is 0 Å². The fourth-order valence-electron chi connectivity index (χ4n) is 7.37. The van der Waals surface area contributed by atoms with Gasteiger partial charge in [0.05, 0.1) is 0 Å². The minimum absolute atomic E-state index is 0.0613. The number of nitrogens with zero attached hydrogens (tertiary/aromatic N) is 1. The number of aliphatic hydroxyl groups is 1. The maximum Gasteiger partial charge on any atom is 0.162 e. The lowest BCUT2D eigenvalue weighted by Gasteiger charge is -2.52. The van der Waals surface area contributed by atoms with E-state index >= 15 is 0 Å². The Morgan fingerprint density at radius 2 is 1.83 bits per heavy atom. The molecule has 2 unspecified atom stereocenters. The lowest BCUT2D eigenvalue weighted by atomic mass is 9.52. The molecule has 3 fully saturated rings. The number of fused-ring (bicyclic) bond motifs is 4. The summed E-state index contributed by atoms with van der Waals surface area (Å²) in [6, 6.07) is 9.16. The van der Waals surface area contributed by atoms with E-state index < -0.39 is 6.10 Å². The largest absolute Gasteiger partial charge is 0.385 e. The van der Waals surface area contributed by atoms with Gasteiger partial charge < -0.3 is 10.0 Å². The van der Waals surface area contributed by atoms with Crippen LogP contribution in [0.1, 0.15) is 69.8 Å². The summed E-state index contributed by atoms with van der Waals surface area (Å²) < 4.78 is 0. The summed E-state index contributed by atoms with van der Waals surface area (Å²) in [6.07, 6.45) is 8.04. The third-order valence-corrected chi connectivity index (χ3v) is 8.82. The number of Topliss-reactive ketones (excluding diaryl/α,β-unsaturated/α-hetero) is 1. The van der Waals surface area contributed by atoms with Crippen molar-refractivity contribution in [3.05, 3.63) is 41.0 Å². The van der Waals surface area contributed by atoms with Gasteiger partial charge in [0.1, 0.15) is 6.10 Å². The van der Waals surface area contributed by atoms with E-state index in [1.807, 2.05) is 0 Å². The van der Waals surface area contributed by atoms with Crippen molar-refractivity contribution in [2.24, 2.45) is 23.2 Å². The molecule has 3 heteroatoms.